The van der Waals surface area contributed by atoms with Gasteiger partial charge in [-0.2, -0.15) is 0 Å². The molecule has 6 heteroatoms. The van der Waals surface area contributed by atoms with E-state index in [-0.39, 0.29) is 12.7 Å². The number of benzene rings is 1. The van der Waals surface area contributed by atoms with Gasteiger partial charge >= 0.3 is 6.09 Å². The third-order valence-corrected chi connectivity index (χ3v) is 4.67. The highest BCUT2D eigenvalue weighted by Gasteiger charge is 2.23. The molecule has 138 valence electrons. The lowest BCUT2D eigenvalue weighted by molar-refractivity contribution is 0.0832. The summed E-state index contributed by atoms with van der Waals surface area (Å²) in [5, 5.41) is 3.43. The van der Waals surface area contributed by atoms with Gasteiger partial charge in [0, 0.05) is 37.7 Å². The van der Waals surface area contributed by atoms with Crippen molar-refractivity contribution in [3.05, 3.63) is 54.4 Å². The predicted molar refractivity (Wildman–Crippen MR) is 100 cm³/mol. The van der Waals surface area contributed by atoms with Gasteiger partial charge in [0.15, 0.2) is 0 Å². The van der Waals surface area contributed by atoms with Crippen molar-refractivity contribution in [3.63, 3.8) is 0 Å². The fraction of sp³-hybridized carbons (Fsp3) is 0.400. The Kier molecular flexibility index (Phi) is 6.30. The molecule has 1 N–H and O–H groups in total. The molecular formula is C20H25N3O3. The Bertz CT molecular complexity index is 683. The third kappa shape index (κ3) is 5.12. The maximum Gasteiger partial charge on any atom is 0.410 e. The van der Waals surface area contributed by atoms with E-state index < -0.39 is 0 Å². The zero-order valence-corrected chi connectivity index (χ0v) is 15.1. The first-order valence-corrected chi connectivity index (χ1v) is 8.93. The van der Waals surface area contributed by atoms with Gasteiger partial charge in [-0.3, -0.25) is 4.98 Å². The van der Waals surface area contributed by atoms with Crippen molar-refractivity contribution in [2.45, 2.75) is 19.4 Å². The van der Waals surface area contributed by atoms with E-state index in [1.165, 1.54) is 0 Å². The van der Waals surface area contributed by atoms with Gasteiger partial charge in [-0.25, -0.2) is 4.79 Å². The molecule has 0 spiro atoms. The van der Waals surface area contributed by atoms with Crippen LogP contribution in [0.3, 0.4) is 0 Å². The number of piperidine rings is 1. The number of rotatable bonds is 6. The average molecular weight is 355 g/mol. The zero-order chi connectivity index (χ0) is 18.2. The molecule has 0 atom stereocenters. The smallest absolute Gasteiger partial charge is 0.410 e. The maximum absolute atomic E-state index is 12.2. The first-order chi connectivity index (χ1) is 12.7. The number of amides is 1. The Morgan fingerprint density at radius 1 is 1.15 bits per heavy atom. The lowest BCUT2D eigenvalue weighted by Gasteiger charge is -2.31. The van der Waals surface area contributed by atoms with Crippen molar-refractivity contribution in [1.82, 2.24) is 9.88 Å². The fourth-order valence-corrected chi connectivity index (χ4v) is 3.01. The summed E-state index contributed by atoms with van der Waals surface area (Å²) in [6, 6.07) is 11.5. The minimum Gasteiger partial charge on any atom is -0.497 e. The average Bonchev–Trinajstić information content (AvgIpc) is 2.72. The van der Waals surface area contributed by atoms with Gasteiger partial charge in [-0.05, 0) is 48.6 Å². The molecule has 2 heterocycles. The summed E-state index contributed by atoms with van der Waals surface area (Å²) in [4.78, 5) is 18.0. The van der Waals surface area contributed by atoms with Gasteiger partial charge in [0.25, 0.3) is 0 Å². The van der Waals surface area contributed by atoms with E-state index in [9.17, 15) is 4.79 Å². The summed E-state index contributed by atoms with van der Waals surface area (Å²) in [5.41, 5.74) is 2.04. The molecular weight excluding hydrogens is 330 g/mol. The molecule has 0 radical (unpaired) electrons. The molecule has 1 saturated heterocycles. The van der Waals surface area contributed by atoms with E-state index in [0.717, 1.165) is 49.5 Å². The first-order valence-electron chi connectivity index (χ1n) is 8.93. The number of nitrogens with one attached hydrogen (secondary N) is 1. The van der Waals surface area contributed by atoms with Crippen molar-refractivity contribution in [3.8, 4) is 5.75 Å². The van der Waals surface area contributed by atoms with Crippen molar-refractivity contribution < 1.29 is 14.3 Å². The van der Waals surface area contributed by atoms with Gasteiger partial charge in [-0.15, -0.1) is 0 Å². The number of ether oxygens (including phenoxy) is 2. The zero-order valence-electron chi connectivity index (χ0n) is 15.1. The quantitative estimate of drug-likeness (QED) is 0.858. The van der Waals surface area contributed by atoms with Crippen LogP contribution in [0.2, 0.25) is 0 Å². The van der Waals surface area contributed by atoms with E-state index in [4.69, 9.17) is 9.47 Å². The van der Waals surface area contributed by atoms with E-state index in [0.29, 0.717) is 5.92 Å². The number of hydrogen-bond acceptors (Lipinski definition) is 5. The van der Waals surface area contributed by atoms with Crippen LogP contribution in [-0.4, -0.2) is 42.7 Å². The number of methoxy groups -OCH3 is 1. The van der Waals surface area contributed by atoms with Crippen molar-refractivity contribution >= 4 is 11.8 Å². The number of anilines is 1. The normalized spacial score (nSPS) is 14.7. The molecule has 0 unspecified atom stereocenters. The molecule has 3 rings (SSSR count). The molecule has 1 aromatic carbocycles. The Labute approximate surface area is 154 Å². The van der Waals surface area contributed by atoms with Gasteiger partial charge in [0.2, 0.25) is 0 Å². The van der Waals surface area contributed by atoms with Crippen LogP contribution in [0.5, 0.6) is 5.75 Å². The number of likely N-dealkylation sites (tertiary alicyclic amines) is 1. The number of carbonyl (C=O) groups excluding carboxylic acids is 1. The van der Waals surface area contributed by atoms with E-state index >= 15 is 0 Å². The molecule has 6 nitrogen and oxygen atoms in total. The second kappa shape index (κ2) is 9.08. The van der Waals surface area contributed by atoms with E-state index in [1.54, 1.807) is 24.4 Å². The molecule has 1 aliphatic heterocycles. The first kappa shape index (κ1) is 18.0. The van der Waals surface area contributed by atoms with Gasteiger partial charge in [0.05, 0.1) is 7.11 Å². The van der Waals surface area contributed by atoms with Crippen molar-refractivity contribution in [1.29, 1.82) is 0 Å². The van der Waals surface area contributed by atoms with Crippen LogP contribution >= 0.6 is 0 Å². The third-order valence-electron chi connectivity index (χ3n) is 4.67. The molecule has 26 heavy (non-hydrogen) atoms. The molecule has 2 aromatic rings. The topological polar surface area (TPSA) is 63.7 Å². The molecule has 1 aliphatic rings. The number of aromatic nitrogens is 1. The predicted octanol–water partition coefficient (Wildman–Crippen LogP) is 3.55. The second-order valence-electron chi connectivity index (χ2n) is 6.45. The summed E-state index contributed by atoms with van der Waals surface area (Å²) in [7, 11) is 1.63. The van der Waals surface area contributed by atoms with Gasteiger partial charge in [-0.1, -0.05) is 12.1 Å². The van der Waals surface area contributed by atoms with E-state index in [2.05, 4.69) is 10.3 Å². The summed E-state index contributed by atoms with van der Waals surface area (Å²) in [6.45, 7) is 2.68. The van der Waals surface area contributed by atoms with Crippen LogP contribution in [0.25, 0.3) is 0 Å². The SMILES string of the molecule is COc1ccc(COC(=O)N2CCC(CNc3ccncc3)CC2)cc1. The van der Waals surface area contributed by atoms with Gasteiger partial charge < -0.3 is 19.7 Å². The van der Waals surface area contributed by atoms with Crippen LogP contribution in [0, 0.1) is 5.92 Å². The monoisotopic (exact) mass is 355 g/mol. The minimum atomic E-state index is -0.235. The summed E-state index contributed by atoms with van der Waals surface area (Å²) in [6.07, 6.45) is 5.29. The van der Waals surface area contributed by atoms with E-state index in [1.807, 2.05) is 36.4 Å². The summed E-state index contributed by atoms with van der Waals surface area (Å²) in [5.74, 6) is 1.36. The van der Waals surface area contributed by atoms with Gasteiger partial charge in [0.1, 0.15) is 12.4 Å². The fourth-order valence-electron chi connectivity index (χ4n) is 3.01. The lowest BCUT2D eigenvalue weighted by atomic mass is 9.97. The van der Waals surface area contributed by atoms with Crippen molar-refractivity contribution in [2.24, 2.45) is 5.92 Å². The molecule has 1 fully saturated rings. The maximum atomic E-state index is 12.2. The Morgan fingerprint density at radius 3 is 2.50 bits per heavy atom. The Hall–Kier alpha value is -2.76. The van der Waals surface area contributed by atoms with Crippen LogP contribution in [0.15, 0.2) is 48.8 Å². The number of pyridine rings is 1. The van der Waals surface area contributed by atoms with Crippen molar-refractivity contribution in [2.75, 3.05) is 32.1 Å². The molecule has 0 bridgehead atoms. The number of nitrogens with zero attached hydrogens (tertiary/aromatic N) is 2. The Morgan fingerprint density at radius 2 is 1.85 bits per heavy atom. The molecule has 1 amide bonds. The highest BCUT2D eigenvalue weighted by Crippen LogP contribution is 2.19. The largest absolute Gasteiger partial charge is 0.497 e. The van der Waals surface area contributed by atoms with Crippen LogP contribution < -0.4 is 10.1 Å². The summed E-state index contributed by atoms with van der Waals surface area (Å²) >= 11 is 0. The van der Waals surface area contributed by atoms with Crippen LogP contribution in [0.4, 0.5) is 10.5 Å². The molecule has 0 aliphatic carbocycles. The lowest BCUT2D eigenvalue weighted by Crippen LogP contribution is -2.40. The van der Waals surface area contributed by atoms with Crippen LogP contribution in [-0.2, 0) is 11.3 Å². The summed E-state index contributed by atoms with van der Waals surface area (Å²) < 4.78 is 10.6. The highest BCUT2D eigenvalue weighted by molar-refractivity contribution is 5.67. The Balaban J connectivity index is 1.37. The standard InChI is InChI=1S/C20H25N3O3/c1-25-19-4-2-17(3-5-19)15-26-20(24)23-12-8-16(9-13-23)14-22-18-6-10-21-11-7-18/h2-7,10-11,16H,8-9,12-15H2,1H3,(H,21,22). The second-order valence-corrected chi connectivity index (χ2v) is 6.45. The molecule has 0 saturated carbocycles. The number of carbonyl (C=O) groups is 1. The molecule has 1 aromatic heterocycles. The minimum absolute atomic E-state index is 0.235. The highest BCUT2D eigenvalue weighted by atomic mass is 16.6. The number of hydrogen-bond donors (Lipinski definition) is 1. The van der Waals surface area contributed by atoms with Crippen LogP contribution in [0.1, 0.15) is 18.4 Å².